The highest BCUT2D eigenvalue weighted by Gasteiger charge is 2.35. The molecular formula is C25H28N6O. The Kier molecular flexibility index (Phi) is 4.84. The maximum atomic E-state index is 13.4. The van der Waals surface area contributed by atoms with E-state index in [0.29, 0.717) is 11.4 Å². The molecule has 5 rings (SSSR count). The van der Waals surface area contributed by atoms with Crippen molar-refractivity contribution < 1.29 is 0 Å². The first-order valence-corrected chi connectivity index (χ1v) is 11.1. The highest BCUT2D eigenvalue weighted by Crippen LogP contribution is 2.37. The van der Waals surface area contributed by atoms with Crippen molar-refractivity contribution in [3.63, 3.8) is 0 Å². The Hall–Kier alpha value is -3.48. The molecule has 0 amide bonds. The largest absolute Gasteiger partial charge is 0.357 e. The van der Waals surface area contributed by atoms with Gasteiger partial charge in [-0.1, -0.05) is 30.3 Å². The van der Waals surface area contributed by atoms with Gasteiger partial charge in [0.1, 0.15) is 6.04 Å². The van der Waals surface area contributed by atoms with Crippen molar-refractivity contribution in [2.75, 3.05) is 11.4 Å². The van der Waals surface area contributed by atoms with E-state index in [9.17, 15) is 4.79 Å². The van der Waals surface area contributed by atoms with Gasteiger partial charge in [0.2, 0.25) is 0 Å². The number of nitrogens with zero attached hydrogens (tertiary/aromatic N) is 5. The predicted molar refractivity (Wildman–Crippen MR) is 126 cm³/mol. The van der Waals surface area contributed by atoms with E-state index in [1.54, 1.807) is 0 Å². The summed E-state index contributed by atoms with van der Waals surface area (Å²) in [6, 6.07) is 16.1. The van der Waals surface area contributed by atoms with Gasteiger partial charge in [0.25, 0.3) is 5.56 Å². The Morgan fingerprint density at radius 3 is 2.72 bits per heavy atom. The molecule has 7 nitrogen and oxygen atoms in total. The average molecular weight is 429 g/mol. The molecular weight excluding hydrogens is 400 g/mol. The summed E-state index contributed by atoms with van der Waals surface area (Å²) in [5.74, 6) is 0.672. The summed E-state index contributed by atoms with van der Waals surface area (Å²) < 4.78 is 1.84. The molecule has 7 heteroatoms. The van der Waals surface area contributed by atoms with Gasteiger partial charge in [-0.25, -0.2) is 4.68 Å². The van der Waals surface area contributed by atoms with Crippen LogP contribution in [0.25, 0.3) is 10.9 Å². The molecule has 32 heavy (non-hydrogen) atoms. The zero-order valence-electron chi connectivity index (χ0n) is 19.0. The molecule has 0 radical (unpaired) electrons. The maximum Gasteiger partial charge on any atom is 0.254 e. The van der Waals surface area contributed by atoms with Gasteiger partial charge < -0.3 is 9.88 Å². The number of fused-ring (bicyclic) bond motifs is 2. The second-order valence-corrected chi connectivity index (χ2v) is 9.59. The lowest BCUT2D eigenvalue weighted by molar-refractivity contribution is 0.329. The van der Waals surface area contributed by atoms with Crippen LogP contribution >= 0.6 is 0 Å². The second-order valence-electron chi connectivity index (χ2n) is 9.59. The Bertz CT molecular complexity index is 1350. The minimum Gasteiger partial charge on any atom is -0.357 e. The zero-order chi connectivity index (χ0) is 22.5. The zero-order valence-corrected chi connectivity index (χ0v) is 19.0. The third-order valence-corrected chi connectivity index (χ3v) is 6.16. The molecule has 0 fully saturated rings. The Morgan fingerprint density at radius 2 is 1.91 bits per heavy atom. The number of nitrogens with one attached hydrogen (secondary N) is 1. The number of aromatic amines is 1. The number of pyridine rings is 1. The number of rotatable bonds is 3. The van der Waals surface area contributed by atoms with Gasteiger partial charge in [-0.3, -0.25) is 4.79 Å². The van der Waals surface area contributed by atoms with Crippen LogP contribution in [-0.2, 0) is 12.0 Å². The van der Waals surface area contributed by atoms with Crippen LogP contribution in [0, 0.1) is 6.92 Å². The van der Waals surface area contributed by atoms with Crippen molar-refractivity contribution in [3.05, 3.63) is 81.4 Å². The van der Waals surface area contributed by atoms with Crippen LogP contribution < -0.4 is 10.5 Å². The number of aromatic nitrogens is 5. The monoisotopic (exact) mass is 428 g/mol. The van der Waals surface area contributed by atoms with Crippen LogP contribution in [0.1, 0.15) is 55.7 Å². The van der Waals surface area contributed by atoms with Crippen LogP contribution in [-0.4, -0.2) is 31.7 Å². The molecule has 0 aliphatic carbocycles. The van der Waals surface area contributed by atoms with Crippen molar-refractivity contribution >= 4 is 16.6 Å². The molecule has 2 aromatic carbocycles. The summed E-state index contributed by atoms with van der Waals surface area (Å²) in [5.41, 5.74) is 4.58. The van der Waals surface area contributed by atoms with Crippen LogP contribution in [0.4, 0.5) is 5.69 Å². The Balaban J connectivity index is 1.77. The van der Waals surface area contributed by atoms with Gasteiger partial charge in [-0.05, 0) is 85.7 Å². The van der Waals surface area contributed by atoms with Crippen LogP contribution in [0.5, 0.6) is 0 Å². The quantitative estimate of drug-likeness (QED) is 0.531. The summed E-state index contributed by atoms with van der Waals surface area (Å²) in [4.78, 5) is 18.8. The van der Waals surface area contributed by atoms with Crippen LogP contribution in [0.3, 0.4) is 0 Å². The predicted octanol–water partition coefficient (Wildman–Crippen LogP) is 4.12. The molecule has 0 bridgehead atoms. The fourth-order valence-corrected chi connectivity index (χ4v) is 4.65. The van der Waals surface area contributed by atoms with Crippen molar-refractivity contribution in [1.29, 1.82) is 0 Å². The normalized spacial score (nSPS) is 15.1. The SMILES string of the molecule is Cc1ccc2cc([C@@H](c3nnnn3C(C)(C)C)N3CCCc4ccccc43)c(=O)[nH]c2c1. The van der Waals surface area contributed by atoms with Crippen LogP contribution in [0.15, 0.2) is 53.3 Å². The van der Waals surface area contributed by atoms with E-state index in [4.69, 9.17) is 0 Å². The molecule has 1 atom stereocenters. The summed E-state index contributed by atoms with van der Waals surface area (Å²) in [6.45, 7) is 9.06. The van der Waals surface area contributed by atoms with E-state index >= 15 is 0 Å². The van der Waals surface area contributed by atoms with E-state index in [2.05, 4.69) is 76.5 Å². The molecule has 3 heterocycles. The van der Waals surface area contributed by atoms with E-state index in [1.807, 2.05) is 29.8 Å². The van der Waals surface area contributed by atoms with Crippen LogP contribution in [0.2, 0.25) is 0 Å². The van der Waals surface area contributed by atoms with Gasteiger partial charge in [0, 0.05) is 23.3 Å². The number of hydrogen-bond acceptors (Lipinski definition) is 5. The van der Waals surface area contributed by atoms with Crippen molar-refractivity contribution in [3.8, 4) is 0 Å². The summed E-state index contributed by atoms with van der Waals surface area (Å²) in [5, 5.41) is 13.8. The van der Waals surface area contributed by atoms with Crippen molar-refractivity contribution in [2.24, 2.45) is 0 Å². The number of hydrogen-bond donors (Lipinski definition) is 1. The molecule has 0 spiro atoms. The topological polar surface area (TPSA) is 79.7 Å². The number of tetrazole rings is 1. The minimum atomic E-state index is -0.403. The van der Waals surface area contributed by atoms with Gasteiger partial charge >= 0.3 is 0 Å². The van der Waals surface area contributed by atoms with E-state index in [1.165, 1.54) is 5.56 Å². The molecule has 0 saturated heterocycles. The lowest BCUT2D eigenvalue weighted by atomic mass is 9.95. The maximum absolute atomic E-state index is 13.4. The molecule has 1 aliphatic heterocycles. The number of H-pyrrole nitrogens is 1. The molecule has 1 aliphatic rings. The second kappa shape index (κ2) is 7.58. The highest BCUT2D eigenvalue weighted by atomic mass is 16.1. The Morgan fingerprint density at radius 1 is 1.09 bits per heavy atom. The van der Waals surface area contributed by atoms with Gasteiger partial charge in [0.05, 0.1) is 5.54 Å². The fraction of sp³-hybridized carbons (Fsp3) is 0.360. The summed E-state index contributed by atoms with van der Waals surface area (Å²) in [6.07, 6.45) is 2.03. The first kappa shape index (κ1) is 20.4. The van der Waals surface area contributed by atoms with Crippen molar-refractivity contribution in [2.45, 2.75) is 52.1 Å². The lowest BCUT2D eigenvalue weighted by Crippen LogP contribution is -2.40. The number of aryl methyl sites for hydroxylation is 2. The molecule has 0 unspecified atom stereocenters. The Labute approximate surface area is 187 Å². The van der Waals surface area contributed by atoms with E-state index < -0.39 is 6.04 Å². The third kappa shape index (κ3) is 3.47. The lowest BCUT2D eigenvalue weighted by Gasteiger charge is -2.38. The third-order valence-electron chi connectivity index (χ3n) is 6.16. The molecule has 164 valence electrons. The molecule has 2 aromatic heterocycles. The van der Waals surface area contributed by atoms with E-state index in [0.717, 1.165) is 41.5 Å². The summed E-state index contributed by atoms with van der Waals surface area (Å²) in [7, 11) is 0. The van der Waals surface area contributed by atoms with E-state index in [-0.39, 0.29) is 11.1 Å². The molecule has 4 aromatic rings. The molecule has 1 N–H and O–H groups in total. The minimum absolute atomic E-state index is 0.111. The highest BCUT2D eigenvalue weighted by molar-refractivity contribution is 5.80. The van der Waals surface area contributed by atoms with Gasteiger partial charge in [-0.15, -0.1) is 5.10 Å². The first-order chi connectivity index (χ1) is 15.3. The first-order valence-electron chi connectivity index (χ1n) is 11.1. The smallest absolute Gasteiger partial charge is 0.254 e. The average Bonchev–Trinajstić information content (AvgIpc) is 3.25. The number of anilines is 1. The fourth-order valence-electron chi connectivity index (χ4n) is 4.65. The number of para-hydroxylation sites is 1. The standard InChI is InChI=1S/C25H28N6O/c1-16-11-12-18-15-19(24(32)26-20(18)14-16)22(23-27-28-29-31(23)25(2,3)4)30-13-7-9-17-8-5-6-10-21(17)30/h5-6,8,10-12,14-15,22H,7,9,13H2,1-4H3,(H,26,32)/t22-/m0/s1. The summed E-state index contributed by atoms with van der Waals surface area (Å²) >= 11 is 0. The van der Waals surface area contributed by atoms with Gasteiger partial charge in [0.15, 0.2) is 5.82 Å². The molecule has 0 saturated carbocycles. The van der Waals surface area contributed by atoms with Gasteiger partial charge in [-0.2, -0.15) is 0 Å². The number of benzene rings is 2. The van der Waals surface area contributed by atoms with Crippen molar-refractivity contribution in [1.82, 2.24) is 25.2 Å².